The van der Waals surface area contributed by atoms with Gasteiger partial charge in [0.05, 0.1) is 0 Å². The predicted molar refractivity (Wildman–Crippen MR) is 85.0 cm³/mol. The Morgan fingerprint density at radius 2 is 2.11 bits per heavy atom. The van der Waals surface area contributed by atoms with Crippen LogP contribution in [0.1, 0.15) is 5.69 Å². The number of aromatic nitrogens is 2. The molecule has 0 fully saturated rings. The van der Waals surface area contributed by atoms with Gasteiger partial charge < -0.3 is 10.4 Å². The lowest BCUT2D eigenvalue weighted by atomic mass is 10.4. The van der Waals surface area contributed by atoms with E-state index in [2.05, 4.69) is 38.8 Å². The summed E-state index contributed by atoms with van der Waals surface area (Å²) in [5, 5.41) is 12.1. The van der Waals surface area contributed by atoms with Gasteiger partial charge in [-0.05, 0) is 6.92 Å². The molecule has 1 atom stereocenters. The molecular formula is C8H10Cl3N5OS2. The summed E-state index contributed by atoms with van der Waals surface area (Å²) in [5.41, 5.74) is 5.91. The Balaban J connectivity index is 2.82. The van der Waals surface area contributed by atoms with E-state index in [4.69, 9.17) is 47.0 Å². The van der Waals surface area contributed by atoms with E-state index in [1.54, 1.807) is 13.0 Å². The number of nitrogens with one attached hydrogen (secondary N) is 3. The highest BCUT2D eigenvalue weighted by atomic mass is 35.6. The molecule has 1 heterocycles. The van der Waals surface area contributed by atoms with Gasteiger partial charge in [0.25, 0.3) is 0 Å². The maximum atomic E-state index is 9.58. The number of aryl methyl sites for hydroxylation is 1. The zero-order valence-corrected chi connectivity index (χ0v) is 13.5. The molecule has 1 rings (SSSR count). The normalized spacial score (nSPS) is 12.7. The minimum absolute atomic E-state index is 0.0909. The van der Waals surface area contributed by atoms with Crippen molar-refractivity contribution >= 4 is 75.7 Å². The summed E-state index contributed by atoms with van der Waals surface area (Å²) in [4.78, 5) is 8.07. The SMILES string of the molecule is Cc1cc(NNC(=S)S)nc(NC(O)C(Cl)(Cl)Cl)n1. The van der Waals surface area contributed by atoms with Gasteiger partial charge in [-0.15, -0.1) is 12.6 Å². The lowest BCUT2D eigenvalue weighted by Gasteiger charge is -2.20. The van der Waals surface area contributed by atoms with E-state index < -0.39 is 10.0 Å². The molecule has 0 radical (unpaired) electrons. The number of rotatable bonds is 4. The number of nitrogens with zero attached hydrogens (tertiary/aromatic N) is 2. The molecule has 0 spiro atoms. The second-order valence-corrected chi connectivity index (χ2v) is 6.89. The Hall–Kier alpha value is -0.250. The van der Waals surface area contributed by atoms with Gasteiger partial charge in [0.15, 0.2) is 6.23 Å². The molecular weight excluding hydrogens is 353 g/mol. The molecule has 0 aromatic carbocycles. The van der Waals surface area contributed by atoms with E-state index >= 15 is 0 Å². The minimum atomic E-state index is -1.90. The summed E-state index contributed by atoms with van der Waals surface area (Å²) >= 11 is 25.2. The number of alkyl halides is 3. The molecule has 1 unspecified atom stereocenters. The Bertz CT molecular complexity index is 470. The number of anilines is 2. The Kier molecular flexibility index (Phi) is 6.15. The van der Waals surface area contributed by atoms with E-state index in [1.165, 1.54) is 0 Å². The van der Waals surface area contributed by atoms with Crippen LogP contribution < -0.4 is 16.2 Å². The largest absolute Gasteiger partial charge is 0.369 e. The van der Waals surface area contributed by atoms with Crippen LogP contribution in [0.3, 0.4) is 0 Å². The maximum Gasteiger partial charge on any atom is 0.234 e. The van der Waals surface area contributed by atoms with Gasteiger partial charge in [0.2, 0.25) is 9.74 Å². The van der Waals surface area contributed by atoms with Crippen LogP contribution in [0.5, 0.6) is 0 Å². The summed E-state index contributed by atoms with van der Waals surface area (Å²) in [6, 6.07) is 1.64. The maximum absolute atomic E-state index is 9.58. The zero-order valence-electron chi connectivity index (χ0n) is 9.49. The fourth-order valence-electron chi connectivity index (χ4n) is 1.02. The highest BCUT2D eigenvalue weighted by Gasteiger charge is 2.31. The molecule has 19 heavy (non-hydrogen) atoms. The van der Waals surface area contributed by atoms with Crippen LogP contribution in [0, 0.1) is 6.92 Å². The second kappa shape index (κ2) is 6.96. The van der Waals surface area contributed by atoms with Crippen LogP contribution in [0.25, 0.3) is 0 Å². The summed E-state index contributed by atoms with van der Waals surface area (Å²) in [6.07, 6.45) is -1.45. The molecule has 0 amide bonds. The van der Waals surface area contributed by atoms with E-state index in [9.17, 15) is 5.11 Å². The summed E-state index contributed by atoms with van der Waals surface area (Å²) in [6.45, 7) is 1.73. The standard InChI is InChI=1S/C8H10Cl3N5OS2/c1-3-2-4(15-16-7(18)19)13-6(12-3)14-5(17)8(9,10)11/h2,5,17H,1H3,(H2,16,18,19)(H2,12,13,14,15). The van der Waals surface area contributed by atoms with Gasteiger partial charge in [0.1, 0.15) is 10.1 Å². The van der Waals surface area contributed by atoms with Gasteiger partial charge in [-0.3, -0.25) is 10.9 Å². The van der Waals surface area contributed by atoms with Gasteiger partial charge >= 0.3 is 0 Å². The van der Waals surface area contributed by atoms with Gasteiger partial charge in [0, 0.05) is 11.8 Å². The molecule has 0 saturated carbocycles. The molecule has 1 aromatic rings. The number of hydrazine groups is 1. The average Bonchev–Trinajstić information content (AvgIpc) is 2.24. The third kappa shape index (κ3) is 6.15. The first-order valence-electron chi connectivity index (χ1n) is 4.80. The number of thiocarbonyl (C=S) groups is 1. The Morgan fingerprint density at radius 1 is 1.47 bits per heavy atom. The van der Waals surface area contributed by atoms with Crippen LogP contribution in [0.15, 0.2) is 6.07 Å². The van der Waals surface area contributed by atoms with Crippen molar-refractivity contribution in [3.8, 4) is 0 Å². The van der Waals surface area contributed by atoms with Crippen LogP contribution >= 0.6 is 59.6 Å². The number of thiol groups is 1. The van der Waals surface area contributed by atoms with Crippen molar-refractivity contribution in [2.45, 2.75) is 16.9 Å². The van der Waals surface area contributed by atoms with Crippen LogP contribution in [-0.2, 0) is 0 Å². The van der Waals surface area contributed by atoms with Crippen molar-refractivity contribution in [2.24, 2.45) is 0 Å². The number of halogens is 3. The first-order chi connectivity index (χ1) is 8.68. The van der Waals surface area contributed by atoms with Crippen molar-refractivity contribution < 1.29 is 5.11 Å². The quantitative estimate of drug-likeness (QED) is 0.184. The number of hydrogen-bond donors (Lipinski definition) is 5. The van der Waals surface area contributed by atoms with E-state index in [0.29, 0.717) is 11.5 Å². The zero-order chi connectivity index (χ0) is 14.6. The van der Waals surface area contributed by atoms with Crippen LogP contribution in [0.2, 0.25) is 0 Å². The fraction of sp³-hybridized carbons (Fsp3) is 0.375. The van der Waals surface area contributed by atoms with Crippen LogP contribution in [-0.4, -0.2) is 29.4 Å². The first-order valence-corrected chi connectivity index (χ1v) is 6.79. The smallest absolute Gasteiger partial charge is 0.234 e. The van der Waals surface area contributed by atoms with Crippen molar-refractivity contribution in [3.05, 3.63) is 11.8 Å². The van der Waals surface area contributed by atoms with Gasteiger partial charge in [-0.1, -0.05) is 47.0 Å². The highest BCUT2D eigenvalue weighted by molar-refractivity contribution is 8.11. The summed E-state index contributed by atoms with van der Waals surface area (Å²) < 4.78 is -1.65. The van der Waals surface area contributed by atoms with E-state index in [0.717, 1.165) is 0 Å². The number of hydrogen-bond acceptors (Lipinski definition) is 6. The average molecular weight is 363 g/mol. The van der Waals surface area contributed by atoms with Crippen molar-refractivity contribution in [3.63, 3.8) is 0 Å². The Morgan fingerprint density at radius 3 is 2.63 bits per heavy atom. The van der Waals surface area contributed by atoms with Crippen LogP contribution in [0.4, 0.5) is 11.8 Å². The van der Waals surface area contributed by atoms with E-state index in [-0.39, 0.29) is 10.3 Å². The predicted octanol–water partition coefficient (Wildman–Crippen LogP) is 2.02. The lowest BCUT2D eigenvalue weighted by Crippen LogP contribution is -2.34. The monoisotopic (exact) mass is 361 g/mol. The number of aliphatic hydroxyl groups excluding tert-OH is 1. The van der Waals surface area contributed by atoms with Gasteiger partial charge in [-0.2, -0.15) is 4.98 Å². The van der Waals surface area contributed by atoms with Crippen molar-refractivity contribution in [1.82, 2.24) is 15.4 Å². The molecule has 106 valence electrons. The fourth-order valence-corrected chi connectivity index (χ4v) is 1.29. The second-order valence-electron chi connectivity index (χ2n) is 3.36. The Labute approximate surface area is 135 Å². The van der Waals surface area contributed by atoms with Crippen molar-refractivity contribution in [1.29, 1.82) is 0 Å². The molecule has 11 heteroatoms. The third-order valence-corrected chi connectivity index (χ3v) is 2.56. The summed E-state index contributed by atoms with van der Waals surface area (Å²) in [5.74, 6) is 0.496. The molecule has 0 aliphatic heterocycles. The molecule has 0 bridgehead atoms. The molecule has 4 N–H and O–H groups in total. The lowest BCUT2D eigenvalue weighted by molar-refractivity contribution is 0.207. The molecule has 0 saturated heterocycles. The van der Waals surface area contributed by atoms with Gasteiger partial charge in [-0.25, -0.2) is 4.98 Å². The third-order valence-electron chi connectivity index (χ3n) is 1.73. The topological polar surface area (TPSA) is 82.1 Å². The minimum Gasteiger partial charge on any atom is -0.369 e. The molecule has 6 nitrogen and oxygen atoms in total. The van der Waals surface area contributed by atoms with E-state index in [1.807, 2.05) is 0 Å². The molecule has 1 aromatic heterocycles. The molecule has 0 aliphatic carbocycles. The molecule has 0 aliphatic rings. The summed E-state index contributed by atoms with van der Waals surface area (Å²) in [7, 11) is 0. The van der Waals surface area contributed by atoms with Crippen molar-refractivity contribution in [2.75, 3.05) is 10.7 Å². The highest BCUT2D eigenvalue weighted by Crippen LogP contribution is 2.30. The first kappa shape index (κ1) is 16.8. The number of aliphatic hydroxyl groups is 1.